The number of imide groups is 1. The van der Waals surface area contributed by atoms with Crippen LogP contribution in [0.25, 0.3) is 0 Å². The van der Waals surface area contributed by atoms with E-state index in [-0.39, 0.29) is 6.42 Å². The molecule has 0 aromatic heterocycles. The van der Waals surface area contributed by atoms with Crippen molar-refractivity contribution in [1.29, 1.82) is 0 Å². The van der Waals surface area contributed by atoms with Gasteiger partial charge in [0.25, 0.3) is 5.91 Å². The third-order valence-corrected chi connectivity index (χ3v) is 4.94. The fourth-order valence-electron chi connectivity index (χ4n) is 3.38. The lowest BCUT2D eigenvalue weighted by Gasteiger charge is -2.25. The summed E-state index contributed by atoms with van der Waals surface area (Å²) >= 11 is 0. The maximum atomic E-state index is 13.0. The van der Waals surface area contributed by atoms with Crippen LogP contribution in [0.1, 0.15) is 30.9 Å². The molecule has 28 heavy (non-hydrogen) atoms. The zero-order valence-electron chi connectivity index (χ0n) is 15.9. The smallest absolute Gasteiger partial charge is 0.344 e. The molecule has 0 bridgehead atoms. The van der Waals surface area contributed by atoms with Crippen LogP contribution < -0.4 is 15.5 Å². The molecule has 7 nitrogen and oxygen atoms in total. The molecule has 0 unspecified atom stereocenters. The van der Waals surface area contributed by atoms with Crippen LogP contribution in [-0.2, 0) is 21.5 Å². The van der Waals surface area contributed by atoms with Crippen LogP contribution in [-0.4, -0.2) is 30.0 Å². The van der Waals surface area contributed by atoms with Crippen molar-refractivity contribution in [3.8, 4) is 5.75 Å². The average Bonchev–Trinajstić information content (AvgIpc) is 2.98. The largest absolute Gasteiger partial charge is 0.496 e. The second-order valence-corrected chi connectivity index (χ2v) is 6.54. The monoisotopic (exact) mass is 381 g/mol. The van der Waals surface area contributed by atoms with Crippen molar-refractivity contribution in [2.75, 3.05) is 7.11 Å². The first-order valence-corrected chi connectivity index (χ1v) is 9.15. The molecule has 0 aliphatic carbocycles. The summed E-state index contributed by atoms with van der Waals surface area (Å²) in [6, 6.07) is 15.8. The molecule has 3 rings (SSSR count). The Balaban J connectivity index is 1.69. The van der Waals surface area contributed by atoms with Crippen LogP contribution in [0.2, 0.25) is 0 Å². The molecule has 1 atom stereocenters. The number of carbonyl (C=O) groups excluding carboxylic acids is 3. The first kappa shape index (κ1) is 19.4. The van der Waals surface area contributed by atoms with E-state index in [1.165, 1.54) is 0 Å². The Kier molecular flexibility index (Phi) is 5.63. The van der Waals surface area contributed by atoms with E-state index >= 15 is 0 Å². The zero-order chi connectivity index (χ0) is 20.1. The number of ether oxygens (including phenoxy) is 1. The van der Waals surface area contributed by atoms with E-state index in [9.17, 15) is 14.4 Å². The van der Waals surface area contributed by atoms with Crippen LogP contribution in [0.5, 0.6) is 5.75 Å². The summed E-state index contributed by atoms with van der Waals surface area (Å²) < 4.78 is 5.28. The summed E-state index contributed by atoms with van der Waals surface area (Å²) in [7, 11) is 1.57. The Labute approximate surface area is 163 Å². The van der Waals surface area contributed by atoms with Crippen molar-refractivity contribution >= 4 is 17.8 Å². The molecular weight excluding hydrogens is 358 g/mol. The molecule has 0 saturated carbocycles. The van der Waals surface area contributed by atoms with Gasteiger partial charge in [0.1, 0.15) is 11.3 Å². The van der Waals surface area contributed by atoms with Crippen LogP contribution >= 0.6 is 0 Å². The van der Waals surface area contributed by atoms with Gasteiger partial charge in [-0.15, -0.1) is 0 Å². The van der Waals surface area contributed by atoms with Gasteiger partial charge in [0.05, 0.1) is 7.11 Å². The number of urea groups is 1. The second kappa shape index (κ2) is 8.12. The van der Waals surface area contributed by atoms with Crippen LogP contribution in [0.3, 0.4) is 0 Å². The normalized spacial score (nSPS) is 18.7. The molecule has 1 aliphatic heterocycles. The highest BCUT2D eigenvalue weighted by atomic mass is 16.5. The van der Waals surface area contributed by atoms with E-state index < -0.39 is 23.4 Å². The Morgan fingerprint density at radius 2 is 1.79 bits per heavy atom. The Morgan fingerprint density at radius 3 is 2.46 bits per heavy atom. The number of aryl methyl sites for hydroxylation is 1. The van der Waals surface area contributed by atoms with Gasteiger partial charge in [0, 0.05) is 6.42 Å². The molecule has 2 aromatic carbocycles. The van der Waals surface area contributed by atoms with Gasteiger partial charge < -0.3 is 10.1 Å². The number of hydrazine groups is 1. The summed E-state index contributed by atoms with van der Waals surface area (Å²) in [5.74, 6) is -0.217. The van der Waals surface area contributed by atoms with Gasteiger partial charge in [-0.2, -0.15) is 5.01 Å². The van der Waals surface area contributed by atoms with Gasteiger partial charge >= 0.3 is 6.03 Å². The lowest BCUT2D eigenvalue weighted by molar-refractivity contribution is -0.139. The SMILES string of the molecule is CC[C@]1(c2ccccc2)NC(=O)N(NC(=O)CCc2ccccc2OC)C1=O. The first-order chi connectivity index (χ1) is 13.5. The van der Waals surface area contributed by atoms with Crippen molar-refractivity contribution < 1.29 is 19.1 Å². The summed E-state index contributed by atoms with van der Waals surface area (Å²) in [6.07, 6.45) is 0.911. The quantitative estimate of drug-likeness (QED) is 0.722. The minimum Gasteiger partial charge on any atom is -0.496 e. The number of benzene rings is 2. The van der Waals surface area contributed by atoms with Crippen molar-refractivity contribution in [2.45, 2.75) is 31.7 Å². The summed E-state index contributed by atoms with van der Waals surface area (Å²) in [6.45, 7) is 1.82. The van der Waals surface area contributed by atoms with E-state index in [4.69, 9.17) is 4.74 Å². The number of para-hydroxylation sites is 1. The van der Waals surface area contributed by atoms with Gasteiger partial charge in [0.2, 0.25) is 5.91 Å². The van der Waals surface area contributed by atoms with Crippen LogP contribution in [0.15, 0.2) is 54.6 Å². The number of nitrogens with zero attached hydrogens (tertiary/aromatic N) is 1. The lowest BCUT2D eigenvalue weighted by atomic mass is 9.87. The molecule has 0 radical (unpaired) electrons. The molecule has 2 aromatic rings. The summed E-state index contributed by atoms with van der Waals surface area (Å²) in [4.78, 5) is 37.8. The Morgan fingerprint density at radius 1 is 1.11 bits per heavy atom. The number of carbonyl (C=O) groups is 3. The molecule has 7 heteroatoms. The molecule has 0 spiro atoms. The molecule has 2 N–H and O–H groups in total. The molecule has 1 saturated heterocycles. The molecule has 1 aliphatic rings. The minimum atomic E-state index is -1.17. The highest BCUT2D eigenvalue weighted by Gasteiger charge is 2.52. The average molecular weight is 381 g/mol. The number of rotatable bonds is 7. The van der Waals surface area contributed by atoms with Gasteiger partial charge in [-0.25, -0.2) is 4.79 Å². The minimum absolute atomic E-state index is 0.113. The molecule has 146 valence electrons. The van der Waals surface area contributed by atoms with Gasteiger partial charge in [-0.3, -0.25) is 15.0 Å². The number of hydrogen-bond donors (Lipinski definition) is 2. The number of methoxy groups -OCH3 is 1. The topological polar surface area (TPSA) is 87.7 Å². The standard InChI is InChI=1S/C21H23N3O4/c1-3-21(16-10-5-4-6-11-16)19(26)24(20(27)22-21)23-18(25)14-13-15-9-7-8-12-17(15)28-2/h4-12H,3,13-14H2,1-2H3,(H,22,27)(H,23,25)/t21-/m1/s1. The van der Waals surface area contributed by atoms with E-state index in [1.54, 1.807) is 31.4 Å². The first-order valence-electron chi connectivity index (χ1n) is 9.15. The predicted octanol–water partition coefficient (Wildman–Crippen LogP) is 2.52. The van der Waals surface area contributed by atoms with E-state index in [1.807, 2.05) is 37.3 Å². The third kappa shape index (κ3) is 3.55. The van der Waals surface area contributed by atoms with Crippen LogP contribution in [0, 0.1) is 0 Å². The highest BCUT2D eigenvalue weighted by molar-refractivity contribution is 6.08. The maximum absolute atomic E-state index is 13.0. The Bertz CT molecular complexity index is 884. The fourth-order valence-corrected chi connectivity index (χ4v) is 3.38. The Hall–Kier alpha value is -3.35. The fraction of sp³-hybridized carbons (Fsp3) is 0.286. The summed E-state index contributed by atoms with van der Waals surface area (Å²) in [5.41, 5.74) is 2.83. The van der Waals surface area contributed by atoms with Gasteiger partial charge in [-0.1, -0.05) is 55.5 Å². The van der Waals surface area contributed by atoms with Gasteiger partial charge in [0.15, 0.2) is 0 Å². The van der Waals surface area contributed by atoms with E-state index in [0.29, 0.717) is 24.2 Å². The third-order valence-electron chi connectivity index (χ3n) is 4.94. The van der Waals surface area contributed by atoms with Crippen molar-refractivity contribution in [2.24, 2.45) is 0 Å². The molecule has 1 heterocycles. The number of nitrogens with one attached hydrogen (secondary N) is 2. The number of amides is 4. The zero-order valence-corrected chi connectivity index (χ0v) is 15.9. The maximum Gasteiger partial charge on any atom is 0.344 e. The van der Waals surface area contributed by atoms with E-state index in [0.717, 1.165) is 10.6 Å². The summed E-state index contributed by atoms with van der Waals surface area (Å²) in [5, 5.41) is 3.51. The van der Waals surface area contributed by atoms with Gasteiger partial charge in [-0.05, 0) is 30.0 Å². The molecule has 1 fully saturated rings. The number of hydrogen-bond acceptors (Lipinski definition) is 4. The molecule has 4 amide bonds. The van der Waals surface area contributed by atoms with Crippen molar-refractivity contribution in [3.05, 3.63) is 65.7 Å². The van der Waals surface area contributed by atoms with Crippen molar-refractivity contribution in [1.82, 2.24) is 15.8 Å². The highest BCUT2D eigenvalue weighted by Crippen LogP contribution is 2.31. The van der Waals surface area contributed by atoms with Crippen molar-refractivity contribution in [3.63, 3.8) is 0 Å². The van der Waals surface area contributed by atoms with E-state index in [2.05, 4.69) is 10.7 Å². The second-order valence-electron chi connectivity index (χ2n) is 6.54. The van der Waals surface area contributed by atoms with Crippen LogP contribution in [0.4, 0.5) is 4.79 Å². The predicted molar refractivity (Wildman–Crippen MR) is 103 cm³/mol. The lowest BCUT2D eigenvalue weighted by Crippen LogP contribution is -2.48. The molecular formula is C21H23N3O4.